The van der Waals surface area contributed by atoms with Gasteiger partial charge < -0.3 is 5.32 Å². The minimum Gasteiger partial charge on any atom is -0.316 e. The lowest BCUT2D eigenvalue weighted by atomic mass is 9.78. The van der Waals surface area contributed by atoms with E-state index in [1.54, 1.807) is 6.20 Å². The van der Waals surface area contributed by atoms with Gasteiger partial charge in [0.1, 0.15) is 0 Å². The van der Waals surface area contributed by atoms with Gasteiger partial charge in [0.25, 0.3) is 0 Å². The van der Waals surface area contributed by atoms with Crippen molar-refractivity contribution in [1.82, 2.24) is 10.3 Å². The lowest BCUT2D eigenvalue weighted by molar-refractivity contribution is 0.454. The summed E-state index contributed by atoms with van der Waals surface area (Å²) in [7, 11) is 0. The molecule has 1 aliphatic heterocycles. The lowest BCUT2D eigenvalue weighted by Gasteiger charge is -2.26. The molecule has 1 aromatic rings. The van der Waals surface area contributed by atoms with Gasteiger partial charge >= 0.3 is 0 Å². The fourth-order valence-corrected chi connectivity index (χ4v) is 3.08. The van der Waals surface area contributed by atoms with Crippen LogP contribution in [-0.4, -0.2) is 18.1 Å². The molecular weight excluding hydrogens is 220 g/mol. The zero-order chi connectivity index (χ0) is 11.0. The van der Waals surface area contributed by atoms with Gasteiger partial charge in [-0.3, -0.25) is 4.98 Å². The highest BCUT2D eigenvalue weighted by molar-refractivity contribution is 6.30. The number of fused-ring (bicyclic) bond motifs is 1. The highest BCUT2D eigenvalue weighted by Gasteiger charge is 2.32. The molecule has 0 bridgehead atoms. The zero-order valence-corrected chi connectivity index (χ0v) is 9.87. The van der Waals surface area contributed by atoms with Crippen molar-refractivity contribution in [2.45, 2.75) is 12.8 Å². The second kappa shape index (κ2) is 4.19. The Morgan fingerprint density at radius 2 is 2.25 bits per heavy atom. The monoisotopic (exact) mass is 234 g/mol. The summed E-state index contributed by atoms with van der Waals surface area (Å²) in [6.45, 7) is 2.26. The number of nitrogens with one attached hydrogen (secondary N) is 1. The molecule has 84 valence electrons. The molecule has 0 saturated carbocycles. The van der Waals surface area contributed by atoms with E-state index in [-0.39, 0.29) is 0 Å². The zero-order valence-electron chi connectivity index (χ0n) is 9.12. The van der Waals surface area contributed by atoms with Crippen LogP contribution in [0.25, 0.3) is 5.57 Å². The predicted octanol–water partition coefficient (Wildman–Crippen LogP) is 2.75. The van der Waals surface area contributed by atoms with Gasteiger partial charge in [-0.05, 0) is 42.5 Å². The van der Waals surface area contributed by atoms with E-state index in [1.807, 2.05) is 12.3 Å². The summed E-state index contributed by atoms with van der Waals surface area (Å²) in [6, 6.07) is 2.03. The number of aromatic nitrogens is 1. The van der Waals surface area contributed by atoms with Crippen molar-refractivity contribution >= 4 is 17.2 Å². The minimum atomic E-state index is 0.661. The molecule has 0 radical (unpaired) electrons. The predicted molar refractivity (Wildman–Crippen MR) is 66.3 cm³/mol. The van der Waals surface area contributed by atoms with E-state index in [0.29, 0.717) is 5.92 Å². The Balaban J connectivity index is 1.96. The molecule has 1 aliphatic carbocycles. The van der Waals surface area contributed by atoms with Gasteiger partial charge in [0.05, 0.1) is 5.02 Å². The van der Waals surface area contributed by atoms with Crippen molar-refractivity contribution in [2.24, 2.45) is 11.8 Å². The van der Waals surface area contributed by atoms with Crippen LogP contribution in [0.15, 0.2) is 24.5 Å². The Kier molecular flexibility index (Phi) is 2.70. The lowest BCUT2D eigenvalue weighted by Crippen LogP contribution is -2.17. The molecule has 0 amide bonds. The van der Waals surface area contributed by atoms with E-state index in [9.17, 15) is 0 Å². The standard InChI is InChI=1S/C13H15ClN2/c14-11-4-10(6-15-7-11)12-3-1-2-9-5-16-8-13(9)12/h3-4,6-7,9,13,16H,1-2,5,8H2. The van der Waals surface area contributed by atoms with Crippen molar-refractivity contribution in [3.63, 3.8) is 0 Å². The molecule has 0 spiro atoms. The van der Waals surface area contributed by atoms with Crippen molar-refractivity contribution in [3.05, 3.63) is 35.1 Å². The van der Waals surface area contributed by atoms with Crippen LogP contribution in [0.5, 0.6) is 0 Å². The highest BCUT2D eigenvalue weighted by atomic mass is 35.5. The molecule has 16 heavy (non-hydrogen) atoms. The number of hydrogen-bond acceptors (Lipinski definition) is 2. The summed E-state index contributed by atoms with van der Waals surface area (Å²) in [4.78, 5) is 4.18. The van der Waals surface area contributed by atoms with E-state index >= 15 is 0 Å². The maximum absolute atomic E-state index is 6.00. The minimum absolute atomic E-state index is 0.661. The van der Waals surface area contributed by atoms with Gasteiger partial charge in [-0.1, -0.05) is 17.7 Å². The Labute approximate surface area is 101 Å². The number of nitrogens with zero attached hydrogens (tertiary/aromatic N) is 1. The average molecular weight is 235 g/mol. The normalized spacial score (nSPS) is 28.7. The molecule has 2 aliphatic rings. The Hall–Kier alpha value is -0.860. The van der Waals surface area contributed by atoms with Crippen LogP contribution in [0.1, 0.15) is 18.4 Å². The molecule has 0 aromatic carbocycles. The Morgan fingerprint density at radius 1 is 1.31 bits per heavy atom. The molecule has 1 N–H and O–H groups in total. The molecule has 1 fully saturated rings. The summed E-state index contributed by atoms with van der Waals surface area (Å²) in [5.41, 5.74) is 2.64. The van der Waals surface area contributed by atoms with E-state index in [1.165, 1.54) is 24.0 Å². The van der Waals surface area contributed by atoms with Crippen molar-refractivity contribution in [2.75, 3.05) is 13.1 Å². The first-order valence-electron chi connectivity index (χ1n) is 5.86. The quantitative estimate of drug-likeness (QED) is 0.808. The Bertz CT molecular complexity index is 428. The second-order valence-corrected chi connectivity index (χ2v) is 5.09. The maximum atomic E-state index is 6.00. The fraction of sp³-hybridized carbons (Fsp3) is 0.462. The summed E-state index contributed by atoms with van der Waals surface area (Å²) in [6.07, 6.45) is 8.48. The number of rotatable bonds is 1. The SMILES string of the molecule is Clc1cncc(C2=CCCC3CNCC23)c1. The highest BCUT2D eigenvalue weighted by Crippen LogP contribution is 2.38. The van der Waals surface area contributed by atoms with Gasteiger partial charge in [0.2, 0.25) is 0 Å². The molecule has 2 atom stereocenters. The van der Waals surface area contributed by atoms with Gasteiger partial charge in [-0.15, -0.1) is 0 Å². The first kappa shape index (κ1) is 10.3. The summed E-state index contributed by atoms with van der Waals surface area (Å²) in [5, 5.41) is 4.21. The fourth-order valence-electron chi connectivity index (χ4n) is 2.91. The molecule has 1 aromatic heterocycles. The summed E-state index contributed by atoms with van der Waals surface area (Å²) >= 11 is 6.00. The maximum Gasteiger partial charge on any atom is 0.0595 e. The van der Waals surface area contributed by atoms with Crippen LogP contribution < -0.4 is 5.32 Å². The van der Waals surface area contributed by atoms with Crippen LogP contribution in [0.4, 0.5) is 0 Å². The number of hydrogen-bond donors (Lipinski definition) is 1. The molecule has 2 heterocycles. The first-order chi connectivity index (χ1) is 7.84. The van der Waals surface area contributed by atoms with Crippen LogP contribution in [0, 0.1) is 11.8 Å². The number of allylic oxidation sites excluding steroid dienone is 1. The van der Waals surface area contributed by atoms with Crippen molar-refractivity contribution in [1.29, 1.82) is 0 Å². The molecule has 2 nitrogen and oxygen atoms in total. The smallest absolute Gasteiger partial charge is 0.0595 e. The van der Waals surface area contributed by atoms with E-state index in [4.69, 9.17) is 11.6 Å². The molecule has 1 saturated heterocycles. The van der Waals surface area contributed by atoms with Crippen molar-refractivity contribution in [3.8, 4) is 0 Å². The first-order valence-corrected chi connectivity index (χ1v) is 6.24. The Morgan fingerprint density at radius 3 is 3.12 bits per heavy atom. The molecular formula is C13H15ClN2. The molecule has 2 unspecified atom stereocenters. The number of halogens is 1. The van der Waals surface area contributed by atoms with Crippen LogP contribution in [0.2, 0.25) is 5.02 Å². The molecule has 3 heteroatoms. The van der Waals surface area contributed by atoms with Gasteiger partial charge in [0.15, 0.2) is 0 Å². The third-order valence-electron chi connectivity index (χ3n) is 3.68. The molecule has 3 rings (SSSR count). The third kappa shape index (κ3) is 1.76. The van der Waals surface area contributed by atoms with Crippen LogP contribution in [-0.2, 0) is 0 Å². The van der Waals surface area contributed by atoms with Crippen LogP contribution >= 0.6 is 11.6 Å². The topological polar surface area (TPSA) is 24.9 Å². The largest absolute Gasteiger partial charge is 0.316 e. The van der Waals surface area contributed by atoms with E-state index in [0.717, 1.165) is 24.0 Å². The summed E-state index contributed by atoms with van der Waals surface area (Å²) in [5.74, 6) is 1.47. The van der Waals surface area contributed by atoms with Crippen molar-refractivity contribution < 1.29 is 0 Å². The van der Waals surface area contributed by atoms with Crippen LogP contribution in [0.3, 0.4) is 0 Å². The van der Waals surface area contributed by atoms with E-state index < -0.39 is 0 Å². The second-order valence-electron chi connectivity index (χ2n) is 4.65. The average Bonchev–Trinajstić information content (AvgIpc) is 2.76. The van der Waals surface area contributed by atoms with E-state index in [2.05, 4.69) is 16.4 Å². The summed E-state index contributed by atoms with van der Waals surface area (Å²) < 4.78 is 0. The third-order valence-corrected chi connectivity index (χ3v) is 3.89. The van der Waals surface area contributed by atoms with Gasteiger partial charge in [-0.25, -0.2) is 0 Å². The van der Waals surface area contributed by atoms with Gasteiger partial charge in [-0.2, -0.15) is 0 Å². The van der Waals surface area contributed by atoms with Gasteiger partial charge in [0, 0.05) is 24.9 Å². The number of pyridine rings is 1.